The van der Waals surface area contributed by atoms with Crippen molar-refractivity contribution < 1.29 is 9.53 Å². The Morgan fingerprint density at radius 3 is 2.52 bits per heavy atom. The number of hydrogen-bond donors (Lipinski definition) is 0. The van der Waals surface area contributed by atoms with Crippen LogP contribution in [0.25, 0.3) is 6.08 Å². The molecule has 0 saturated carbocycles. The van der Waals surface area contributed by atoms with Gasteiger partial charge in [-0.25, -0.2) is 0 Å². The van der Waals surface area contributed by atoms with Crippen LogP contribution in [0.4, 0.5) is 0 Å². The molecular formula is C26H23N3O2. The maximum absolute atomic E-state index is 12.7. The highest BCUT2D eigenvalue weighted by molar-refractivity contribution is 5.91. The molecule has 1 amide bonds. The third-order valence-electron chi connectivity index (χ3n) is 4.53. The maximum atomic E-state index is 12.7. The van der Waals surface area contributed by atoms with Gasteiger partial charge in [-0.05, 0) is 53.6 Å². The Morgan fingerprint density at radius 2 is 1.87 bits per heavy atom. The maximum Gasteiger partial charge on any atom is 0.247 e. The minimum Gasteiger partial charge on any atom is -0.487 e. The average Bonchev–Trinajstić information content (AvgIpc) is 2.82. The van der Waals surface area contributed by atoms with E-state index in [-0.39, 0.29) is 5.91 Å². The van der Waals surface area contributed by atoms with Crippen molar-refractivity contribution in [3.63, 3.8) is 0 Å². The van der Waals surface area contributed by atoms with Gasteiger partial charge in [-0.3, -0.25) is 9.78 Å². The number of nitrogens with zero attached hydrogens (tertiary/aromatic N) is 3. The summed E-state index contributed by atoms with van der Waals surface area (Å²) in [7, 11) is 0. The minimum atomic E-state index is -0.111. The largest absolute Gasteiger partial charge is 0.487 e. The van der Waals surface area contributed by atoms with Gasteiger partial charge in [-0.1, -0.05) is 36.4 Å². The van der Waals surface area contributed by atoms with Gasteiger partial charge in [0.1, 0.15) is 12.4 Å². The van der Waals surface area contributed by atoms with Crippen LogP contribution in [0.1, 0.15) is 22.4 Å². The molecule has 0 N–H and O–H groups in total. The van der Waals surface area contributed by atoms with Gasteiger partial charge in [0.15, 0.2) is 0 Å². The summed E-state index contributed by atoms with van der Waals surface area (Å²) in [5.74, 6) is 0.628. The van der Waals surface area contributed by atoms with Crippen LogP contribution in [0.15, 0.2) is 91.7 Å². The first-order valence-corrected chi connectivity index (χ1v) is 9.87. The van der Waals surface area contributed by atoms with E-state index >= 15 is 0 Å². The molecule has 5 nitrogen and oxygen atoms in total. The van der Waals surface area contributed by atoms with Crippen molar-refractivity contribution in [2.75, 3.05) is 6.54 Å². The van der Waals surface area contributed by atoms with Gasteiger partial charge in [0, 0.05) is 25.4 Å². The molecule has 5 heteroatoms. The van der Waals surface area contributed by atoms with E-state index in [9.17, 15) is 4.79 Å². The molecule has 0 fully saturated rings. The van der Waals surface area contributed by atoms with Crippen LogP contribution < -0.4 is 4.74 Å². The molecular weight excluding hydrogens is 386 g/mol. The van der Waals surface area contributed by atoms with E-state index in [0.717, 1.165) is 22.6 Å². The molecule has 3 aromatic rings. The summed E-state index contributed by atoms with van der Waals surface area (Å²) < 4.78 is 5.73. The first kappa shape index (κ1) is 21.5. The summed E-state index contributed by atoms with van der Waals surface area (Å²) in [6.45, 7) is 5.02. The van der Waals surface area contributed by atoms with Crippen molar-refractivity contribution in [1.82, 2.24) is 9.88 Å². The minimum absolute atomic E-state index is 0.111. The third-order valence-corrected chi connectivity index (χ3v) is 4.53. The van der Waals surface area contributed by atoms with E-state index in [2.05, 4.69) is 17.6 Å². The summed E-state index contributed by atoms with van der Waals surface area (Å²) >= 11 is 0. The molecule has 0 saturated heterocycles. The second kappa shape index (κ2) is 11.1. The summed E-state index contributed by atoms with van der Waals surface area (Å²) in [5, 5.41) is 8.91. The molecule has 0 aliphatic carbocycles. The SMILES string of the molecule is C=CCN(Cc1ccc(C#N)cc1)C(=O)/C=C/c1ccc(OCc2ccccn2)cc1. The van der Waals surface area contributed by atoms with Gasteiger partial charge in [-0.2, -0.15) is 5.26 Å². The van der Waals surface area contributed by atoms with Gasteiger partial charge in [0.2, 0.25) is 5.91 Å². The third kappa shape index (κ3) is 6.69. The fourth-order valence-electron chi connectivity index (χ4n) is 2.88. The lowest BCUT2D eigenvalue weighted by molar-refractivity contribution is -0.126. The zero-order chi connectivity index (χ0) is 21.9. The lowest BCUT2D eigenvalue weighted by atomic mass is 10.1. The van der Waals surface area contributed by atoms with E-state index < -0.39 is 0 Å². The van der Waals surface area contributed by atoms with Gasteiger partial charge in [0.05, 0.1) is 17.3 Å². The van der Waals surface area contributed by atoms with Crippen molar-refractivity contribution in [3.05, 3.63) is 114 Å². The lowest BCUT2D eigenvalue weighted by Crippen LogP contribution is -2.29. The molecule has 1 aromatic heterocycles. The summed E-state index contributed by atoms with van der Waals surface area (Å²) in [6.07, 6.45) is 6.76. The van der Waals surface area contributed by atoms with Crippen LogP contribution >= 0.6 is 0 Å². The Bertz CT molecular complexity index is 1070. The number of aromatic nitrogens is 1. The number of amides is 1. The molecule has 0 bridgehead atoms. The molecule has 2 aromatic carbocycles. The molecule has 154 valence electrons. The normalized spacial score (nSPS) is 10.4. The molecule has 0 unspecified atom stereocenters. The fourth-order valence-corrected chi connectivity index (χ4v) is 2.88. The molecule has 1 heterocycles. The standard InChI is InChI=1S/C26H23N3O2/c1-2-17-29(19-23-8-6-22(18-27)7-9-23)26(30)15-12-21-10-13-25(14-11-21)31-20-24-5-3-4-16-28-24/h2-16H,1,17,19-20H2/b15-12+. The first-order chi connectivity index (χ1) is 15.2. The number of nitriles is 1. The van der Waals surface area contributed by atoms with Crippen molar-refractivity contribution in [2.24, 2.45) is 0 Å². The quantitative estimate of drug-likeness (QED) is 0.377. The monoisotopic (exact) mass is 409 g/mol. The second-order valence-electron chi connectivity index (χ2n) is 6.83. The molecule has 0 radical (unpaired) electrons. The van der Waals surface area contributed by atoms with Gasteiger partial charge < -0.3 is 9.64 Å². The van der Waals surface area contributed by atoms with Crippen LogP contribution in [0, 0.1) is 11.3 Å². The van der Waals surface area contributed by atoms with Crippen LogP contribution in [0.2, 0.25) is 0 Å². The van der Waals surface area contributed by atoms with Crippen LogP contribution in [-0.4, -0.2) is 22.3 Å². The van der Waals surface area contributed by atoms with E-state index in [1.807, 2.05) is 54.6 Å². The van der Waals surface area contributed by atoms with Crippen molar-refractivity contribution in [3.8, 4) is 11.8 Å². The zero-order valence-corrected chi connectivity index (χ0v) is 17.1. The highest BCUT2D eigenvalue weighted by Crippen LogP contribution is 2.15. The number of pyridine rings is 1. The van der Waals surface area contributed by atoms with E-state index in [4.69, 9.17) is 10.00 Å². The van der Waals surface area contributed by atoms with E-state index in [0.29, 0.717) is 25.3 Å². The molecule has 0 atom stereocenters. The highest BCUT2D eigenvalue weighted by atomic mass is 16.5. The van der Waals surface area contributed by atoms with Crippen LogP contribution in [0.3, 0.4) is 0 Å². The number of benzene rings is 2. The average molecular weight is 409 g/mol. The predicted octanol–water partition coefficient (Wildman–Crippen LogP) is 4.76. The fraction of sp³-hybridized carbons (Fsp3) is 0.115. The molecule has 0 spiro atoms. The van der Waals surface area contributed by atoms with Gasteiger partial charge in [0.25, 0.3) is 0 Å². The second-order valence-corrected chi connectivity index (χ2v) is 6.83. The first-order valence-electron chi connectivity index (χ1n) is 9.87. The zero-order valence-electron chi connectivity index (χ0n) is 17.1. The molecule has 0 aliphatic rings. The Morgan fingerprint density at radius 1 is 1.10 bits per heavy atom. The Hall–Kier alpha value is -4.17. The van der Waals surface area contributed by atoms with Crippen molar-refractivity contribution >= 4 is 12.0 Å². The number of rotatable bonds is 9. The number of hydrogen-bond acceptors (Lipinski definition) is 4. The van der Waals surface area contributed by atoms with Gasteiger partial charge in [-0.15, -0.1) is 6.58 Å². The number of carbonyl (C=O) groups is 1. The number of ether oxygens (including phenoxy) is 1. The summed E-state index contributed by atoms with van der Waals surface area (Å²) in [6, 6.07) is 22.5. The van der Waals surface area contributed by atoms with E-state index in [1.165, 1.54) is 0 Å². The topological polar surface area (TPSA) is 66.2 Å². The Balaban J connectivity index is 1.58. The van der Waals surface area contributed by atoms with Crippen LogP contribution in [0.5, 0.6) is 5.75 Å². The highest BCUT2D eigenvalue weighted by Gasteiger charge is 2.10. The Kier molecular flexibility index (Phi) is 7.73. The van der Waals surface area contributed by atoms with Crippen LogP contribution in [-0.2, 0) is 17.9 Å². The van der Waals surface area contributed by atoms with Crippen molar-refractivity contribution in [2.45, 2.75) is 13.2 Å². The molecule has 31 heavy (non-hydrogen) atoms. The smallest absolute Gasteiger partial charge is 0.247 e. The van der Waals surface area contributed by atoms with Crippen molar-refractivity contribution in [1.29, 1.82) is 5.26 Å². The lowest BCUT2D eigenvalue weighted by Gasteiger charge is -2.19. The van der Waals surface area contributed by atoms with Gasteiger partial charge >= 0.3 is 0 Å². The molecule has 3 rings (SSSR count). The molecule has 0 aliphatic heterocycles. The summed E-state index contributed by atoms with van der Waals surface area (Å²) in [5.41, 5.74) is 3.31. The predicted molar refractivity (Wildman–Crippen MR) is 121 cm³/mol. The summed E-state index contributed by atoms with van der Waals surface area (Å²) in [4.78, 5) is 18.6. The Labute approximate surface area is 182 Å². The number of carbonyl (C=O) groups excluding carboxylic acids is 1. The van der Waals surface area contributed by atoms with E-state index in [1.54, 1.807) is 41.5 Å².